The minimum atomic E-state index is -0.313. The van der Waals surface area contributed by atoms with E-state index in [4.69, 9.17) is 9.47 Å². The van der Waals surface area contributed by atoms with Crippen LogP contribution in [0.5, 0.6) is 0 Å². The molecule has 1 spiro atoms. The van der Waals surface area contributed by atoms with Crippen LogP contribution in [0.2, 0.25) is 0 Å². The van der Waals surface area contributed by atoms with Crippen molar-refractivity contribution < 1.29 is 14.3 Å². The second kappa shape index (κ2) is 6.54. The van der Waals surface area contributed by atoms with Gasteiger partial charge in [-0.2, -0.15) is 11.3 Å². The minimum Gasteiger partial charge on any atom is -0.348 e. The summed E-state index contributed by atoms with van der Waals surface area (Å²) in [5.74, 6) is 0.518. The first kappa shape index (κ1) is 15.6. The zero-order valence-corrected chi connectivity index (χ0v) is 14.4. The third-order valence-corrected chi connectivity index (χ3v) is 6.35. The van der Waals surface area contributed by atoms with Crippen molar-refractivity contribution in [2.75, 3.05) is 19.8 Å². The molecule has 3 aliphatic rings. The fourth-order valence-corrected chi connectivity index (χ4v) is 5.05. The summed E-state index contributed by atoms with van der Waals surface area (Å²) in [6.45, 7) is 2.36. The summed E-state index contributed by atoms with van der Waals surface area (Å²) < 4.78 is 11.6. The van der Waals surface area contributed by atoms with E-state index in [2.05, 4.69) is 21.7 Å². The van der Waals surface area contributed by atoms with Crippen LogP contribution in [0.15, 0.2) is 16.8 Å². The van der Waals surface area contributed by atoms with Gasteiger partial charge in [0.15, 0.2) is 5.79 Å². The van der Waals surface area contributed by atoms with E-state index >= 15 is 0 Å². The van der Waals surface area contributed by atoms with Gasteiger partial charge in [0.1, 0.15) is 0 Å². The molecule has 1 aromatic heterocycles. The van der Waals surface area contributed by atoms with Crippen LogP contribution in [0, 0.1) is 5.92 Å². The van der Waals surface area contributed by atoms with Crippen LogP contribution >= 0.6 is 11.3 Å². The molecule has 3 heterocycles. The second-order valence-corrected chi connectivity index (χ2v) is 7.84. The van der Waals surface area contributed by atoms with Gasteiger partial charge in [-0.25, -0.2) is 0 Å². The maximum absolute atomic E-state index is 12.8. The Bertz CT molecular complexity index is 528. The molecule has 2 saturated heterocycles. The van der Waals surface area contributed by atoms with Crippen molar-refractivity contribution in [3.63, 3.8) is 0 Å². The number of rotatable bonds is 3. The van der Waals surface area contributed by atoms with Gasteiger partial charge >= 0.3 is 0 Å². The maximum atomic E-state index is 12.8. The lowest BCUT2D eigenvalue weighted by Crippen LogP contribution is -2.37. The summed E-state index contributed by atoms with van der Waals surface area (Å²) in [5, 5.41) is 4.30. The van der Waals surface area contributed by atoms with E-state index in [-0.39, 0.29) is 5.79 Å². The molecule has 1 amide bonds. The van der Waals surface area contributed by atoms with Gasteiger partial charge in [0.2, 0.25) is 5.91 Å². The van der Waals surface area contributed by atoms with Crippen LogP contribution in [0.1, 0.15) is 56.6 Å². The number of hydrogen-bond acceptors (Lipinski definition) is 4. The molecule has 0 bridgehead atoms. The monoisotopic (exact) mass is 335 g/mol. The molecule has 23 heavy (non-hydrogen) atoms. The summed E-state index contributed by atoms with van der Waals surface area (Å²) >= 11 is 1.72. The Labute approximate surface area is 141 Å². The van der Waals surface area contributed by atoms with Gasteiger partial charge in [-0.05, 0) is 54.0 Å². The van der Waals surface area contributed by atoms with Gasteiger partial charge in [0.05, 0.1) is 19.3 Å². The van der Waals surface area contributed by atoms with Gasteiger partial charge in [0, 0.05) is 25.8 Å². The Hall–Kier alpha value is -0.910. The summed E-state index contributed by atoms with van der Waals surface area (Å²) in [4.78, 5) is 14.9. The van der Waals surface area contributed by atoms with E-state index in [1.165, 1.54) is 5.56 Å². The van der Waals surface area contributed by atoms with Crippen LogP contribution < -0.4 is 0 Å². The number of likely N-dealkylation sites (tertiary alicyclic amines) is 1. The molecule has 0 radical (unpaired) electrons. The van der Waals surface area contributed by atoms with Crippen LogP contribution in [0.3, 0.4) is 0 Å². The molecule has 4 rings (SSSR count). The highest BCUT2D eigenvalue weighted by molar-refractivity contribution is 7.07. The number of carbonyl (C=O) groups is 1. The zero-order chi connectivity index (χ0) is 15.7. The smallest absolute Gasteiger partial charge is 0.223 e. The highest BCUT2D eigenvalue weighted by Gasteiger charge is 2.41. The van der Waals surface area contributed by atoms with Crippen molar-refractivity contribution >= 4 is 17.2 Å². The van der Waals surface area contributed by atoms with Gasteiger partial charge in [-0.1, -0.05) is 0 Å². The molecule has 1 atom stereocenters. The van der Waals surface area contributed by atoms with Crippen LogP contribution in [-0.2, 0) is 14.3 Å². The molecule has 126 valence electrons. The molecule has 1 aromatic rings. The zero-order valence-electron chi connectivity index (χ0n) is 13.5. The Balaban J connectivity index is 1.33. The lowest BCUT2D eigenvalue weighted by molar-refractivity contribution is -0.183. The molecular weight excluding hydrogens is 310 g/mol. The lowest BCUT2D eigenvalue weighted by atomic mass is 9.83. The second-order valence-electron chi connectivity index (χ2n) is 7.06. The molecule has 1 unspecified atom stereocenters. The van der Waals surface area contributed by atoms with Crippen LogP contribution in [0.4, 0.5) is 0 Å². The van der Waals surface area contributed by atoms with E-state index < -0.39 is 0 Å². The first-order valence-electron chi connectivity index (χ1n) is 8.85. The van der Waals surface area contributed by atoms with Crippen molar-refractivity contribution in [1.82, 2.24) is 4.90 Å². The molecule has 4 nitrogen and oxygen atoms in total. The number of carbonyl (C=O) groups excluding carboxylic acids is 1. The average Bonchev–Trinajstić information content (AvgIpc) is 3.31. The van der Waals surface area contributed by atoms with Gasteiger partial charge in [0.25, 0.3) is 0 Å². The Kier molecular flexibility index (Phi) is 4.43. The summed E-state index contributed by atoms with van der Waals surface area (Å²) in [6.07, 6.45) is 6.90. The fourth-order valence-electron chi connectivity index (χ4n) is 4.35. The molecule has 3 fully saturated rings. The lowest BCUT2D eigenvalue weighted by Gasteiger charge is -2.36. The van der Waals surface area contributed by atoms with E-state index in [9.17, 15) is 4.79 Å². The molecule has 2 aliphatic heterocycles. The summed E-state index contributed by atoms with van der Waals surface area (Å²) in [5.41, 5.74) is 1.32. The fraction of sp³-hybridized carbons (Fsp3) is 0.722. The maximum Gasteiger partial charge on any atom is 0.223 e. The highest BCUT2D eigenvalue weighted by atomic mass is 32.1. The Morgan fingerprint density at radius 1 is 1.26 bits per heavy atom. The molecule has 1 aliphatic carbocycles. The van der Waals surface area contributed by atoms with E-state index in [1.54, 1.807) is 11.3 Å². The average molecular weight is 335 g/mol. The van der Waals surface area contributed by atoms with Crippen LogP contribution in [-0.4, -0.2) is 36.4 Å². The first-order valence-corrected chi connectivity index (χ1v) is 9.79. The Morgan fingerprint density at radius 2 is 2.04 bits per heavy atom. The first-order chi connectivity index (χ1) is 11.3. The standard InChI is InChI=1S/C18H25NO3S/c20-17(19-8-1-2-16(19)15-5-11-23-13-15)12-14-3-6-18(7-4-14)21-9-10-22-18/h5,11,13-14,16H,1-4,6-10,12H2. The van der Waals surface area contributed by atoms with Gasteiger partial charge in [-0.3, -0.25) is 4.79 Å². The van der Waals surface area contributed by atoms with Crippen molar-refractivity contribution in [2.45, 2.75) is 56.8 Å². The van der Waals surface area contributed by atoms with Crippen molar-refractivity contribution in [3.8, 4) is 0 Å². The normalized spacial score (nSPS) is 27.8. The number of hydrogen-bond donors (Lipinski definition) is 0. The van der Waals surface area contributed by atoms with Crippen molar-refractivity contribution in [1.29, 1.82) is 0 Å². The van der Waals surface area contributed by atoms with Gasteiger partial charge < -0.3 is 14.4 Å². The molecule has 5 heteroatoms. The van der Waals surface area contributed by atoms with Crippen molar-refractivity contribution in [2.24, 2.45) is 5.92 Å². The molecule has 0 N–H and O–H groups in total. The molecule has 1 saturated carbocycles. The van der Waals surface area contributed by atoms with Gasteiger partial charge in [-0.15, -0.1) is 0 Å². The SMILES string of the molecule is O=C(CC1CCC2(CC1)OCCO2)N1CCCC1c1ccsc1. The minimum absolute atomic E-state index is 0.310. The van der Waals surface area contributed by atoms with Crippen LogP contribution in [0.25, 0.3) is 0 Å². The topological polar surface area (TPSA) is 38.8 Å². The van der Waals surface area contributed by atoms with E-state index in [0.29, 0.717) is 24.3 Å². The summed E-state index contributed by atoms with van der Waals surface area (Å²) in [6, 6.07) is 2.48. The Morgan fingerprint density at radius 3 is 2.74 bits per heavy atom. The largest absolute Gasteiger partial charge is 0.348 e. The number of nitrogens with zero attached hydrogens (tertiary/aromatic N) is 1. The number of ether oxygens (including phenoxy) is 2. The van der Waals surface area contributed by atoms with E-state index in [0.717, 1.165) is 58.3 Å². The predicted octanol–water partition coefficient (Wildman–Crippen LogP) is 3.74. The van der Waals surface area contributed by atoms with E-state index in [1.807, 2.05) is 0 Å². The van der Waals surface area contributed by atoms with Crippen molar-refractivity contribution in [3.05, 3.63) is 22.4 Å². The quantitative estimate of drug-likeness (QED) is 0.845. The number of amides is 1. The predicted molar refractivity (Wildman–Crippen MR) is 89.2 cm³/mol. The third kappa shape index (κ3) is 3.19. The highest BCUT2D eigenvalue weighted by Crippen LogP contribution is 2.40. The number of thiophene rings is 1. The third-order valence-electron chi connectivity index (χ3n) is 5.64. The summed E-state index contributed by atoms with van der Waals surface area (Å²) in [7, 11) is 0. The molecular formula is C18H25NO3S. The molecule has 0 aromatic carbocycles.